The number of hydrogen-bond donors (Lipinski definition) is 1. The Hall–Kier alpha value is -1.86. The fourth-order valence-corrected chi connectivity index (χ4v) is 3.31. The Morgan fingerprint density at radius 1 is 1.35 bits per heavy atom. The highest BCUT2D eigenvalue weighted by Gasteiger charge is 2.14. The lowest BCUT2D eigenvalue weighted by atomic mass is 10.1. The minimum absolute atomic E-state index is 0.00213. The SMILES string of the molecule is CCn1c(SCC(=O)NCCCOC(C)C)nnc1-c1cccc(C)c1. The average molecular weight is 377 g/mol. The maximum Gasteiger partial charge on any atom is 0.230 e. The molecule has 2 rings (SSSR count). The standard InChI is InChI=1S/C19H28N4O2S/c1-5-23-18(16-9-6-8-15(4)12-16)21-22-19(23)26-13-17(24)20-10-7-11-25-14(2)3/h6,8-9,12,14H,5,7,10-11,13H2,1-4H3,(H,20,24). The van der Waals surface area contributed by atoms with Gasteiger partial charge in [0.2, 0.25) is 5.91 Å². The molecular formula is C19H28N4O2S. The second-order valence-corrected chi connectivity index (χ2v) is 7.27. The van der Waals surface area contributed by atoms with Crippen LogP contribution in [-0.4, -0.2) is 45.7 Å². The molecule has 1 heterocycles. The molecule has 0 saturated carbocycles. The number of thioether (sulfide) groups is 1. The van der Waals surface area contributed by atoms with E-state index in [1.807, 2.05) is 30.5 Å². The van der Waals surface area contributed by atoms with E-state index in [0.29, 0.717) is 18.9 Å². The van der Waals surface area contributed by atoms with Crippen LogP contribution in [0.4, 0.5) is 0 Å². The van der Waals surface area contributed by atoms with Gasteiger partial charge in [-0.25, -0.2) is 0 Å². The second-order valence-electron chi connectivity index (χ2n) is 6.33. The highest BCUT2D eigenvalue weighted by atomic mass is 32.2. The van der Waals surface area contributed by atoms with Crippen molar-refractivity contribution in [1.29, 1.82) is 0 Å². The van der Waals surface area contributed by atoms with E-state index in [2.05, 4.69) is 41.5 Å². The van der Waals surface area contributed by atoms with E-state index >= 15 is 0 Å². The molecule has 0 fully saturated rings. The van der Waals surface area contributed by atoms with Crippen molar-refractivity contribution in [3.8, 4) is 11.4 Å². The van der Waals surface area contributed by atoms with Crippen LogP contribution in [0.25, 0.3) is 11.4 Å². The molecule has 0 aliphatic heterocycles. The number of carbonyl (C=O) groups excluding carboxylic acids is 1. The van der Waals surface area contributed by atoms with Crippen molar-refractivity contribution < 1.29 is 9.53 Å². The highest BCUT2D eigenvalue weighted by molar-refractivity contribution is 7.99. The summed E-state index contributed by atoms with van der Waals surface area (Å²) in [5, 5.41) is 12.3. The summed E-state index contributed by atoms with van der Waals surface area (Å²) in [4.78, 5) is 12.0. The van der Waals surface area contributed by atoms with Crippen LogP contribution in [0.15, 0.2) is 29.4 Å². The number of benzene rings is 1. The van der Waals surface area contributed by atoms with Crippen molar-refractivity contribution in [3.63, 3.8) is 0 Å². The monoisotopic (exact) mass is 376 g/mol. The first-order chi connectivity index (χ1) is 12.5. The van der Waals surface area contributed by atoms with Crippen molar-refractivity contribution in [1.82, 2.24) is 20.1 Å². The third-order valence-corrected chi connectivity index (χ3v) is 4.70. The van der Waals surface area contributed by atoms with Gasteiger partial charge in [-0.2, -0.15) is 0 Å². The molecule has 0 bridgehead atoms. The van der Waals surface area contributed by atoms with E-state index in [9.17, 15) is 4.79 Å². The molecule has 7 heteroatoms. The van der Waals surface area contributed by atoms with Crippen LogP contribution in [0, 0.1) is 6.92 Å². The molecule has 2 aromatic rings. The van der Waals surface area contributed by atoms with Crippen LogP contribution >= 0.6 is 11.8 Å². The number of nitrogens with one attached hydrogen (secondary N) is 1. The van der Waals surface area contributed by atoms with Crippen LogP contribution < -0.4 is 5.32 Å². The molecule has 0 aliphatic carbocycles. The topological polar surface area (TPSA) is 69.0 Å². The Labute approximate surface area is 159 Å². The molecule has 0 atom stereocenters. The Bertz CT molecular complexity index is 715. The van der Waals surface area contributed by atoms with E-state index < -0.39 is 0 Å². The fraction of sp³-hybridized carbons (Fsp3) is 0.526. The first-order valence-corrected chi connectivity index (χ1v) is 10.0. The number of nitrogens with zero attached hydrogens (tertiary/aromatic N) is 3. The van der Waals surface area contributed by atoms with Crippen molar-refractivity contribution >= 4 is 17.7 Å². The lowest BCUT2D eigenvalue weighted by molar-refractivity contribution is -0.118. The number of aromatic nitrogens is 3. The zero-order chi connectivity index (χ0) is 18.9. The molecule has 142 valence electrons. The number of carbonyl (C=O) groups is 1. The largest absolute Gasteiger partial charge is 0.379 e. The molecule has 0 saturated heterocycles. The quantitative estimate of drug-likeness (QED) is 0.509. The Kier molecular flexibility index (Phi) is 8.12. The molecular weight excluding hydrogens is 348 g/mol. The minimum Gasteiger partial charge on any atom is -0.379 e. The highest BCUT2D eigenvalue weighted by Crippen LogP contribution is 2.24. The number of rotatable bonds is 10. The number of ether oxygens (including phenoxy) is 1. The van der Waals surface area contributed by atoms with Gasteiger partial charge in [0, 0.05) is 25.3 Å². The van der Waals surface area contributed by atoms with Crippen molar-refractivity contribution in [2.75, 3.05) is 18.9 Å². The third-order valence-electron chi connectivity index (χ3n) is 3.74. The van der Waals surface area contributed by atoms with Crippen LogP contribution in [0.1, 0.15) is 32.8 Å². The second kappa shape index (κ2) is 10.3. The van der Waals surface area contributed by atoms with Crippen LogP contribution in [0.2, 0.25) is 0 Å². The zero-order valence-electron chi connectivity index (χ0n) is 16.0. The number of aryl methyl sites for hydroxylation is 1. The molecule has 1 aromatic heterocycles. The molecule has 1 aromatic carbocycles. The van der Waals surface area contributed by atoms with Gasteiger partial charge in [-0.3, -0.25) is 4.79 Å². The Morgan fingerprint density at radius 2 is 2.15 bits per heavy atom. The molecule has 0 aliphatic rings. The third kappa shape index (κ3) is 6.14. The smallest absolute Gasteiger partial charge is 0.230 e. The van der Waals surface area contributed by atoms with Crippen LogP contribution in [0.3, 0.4) is 0 Å². The number of amides is 1. The van der Waals surface area contributed by atoms with E-state index in [1.54, 1.807) is 0 Å². The van der Waals surface area contributed by atoms with Gasteiger partial charge < -0.3 is 14.6 Å². The molecule has 0 unspecified atom stereocenters. The van der Waals surface area contributed by atoms with Gasteiger partial charge in [-0.1, -0.05) is 35.5 Å². The van der Waals surface area contributed by atoms with E-state index in [1.165, 1.54) is 17.3 Å². The molecule has 1 amide bonds. The maximum absolute atomic E-state index is 12.0. The van der Waals surface area contributed by atoms with Crippen molar-refractivity contribution in [2.45, 2.75) is 51.9 Å². The maximum atomic E-state index is 12.0. The van der Waals surface area contributed by atoms with Gasteiger partial charge in [0.1, 0.15) is 0 Å². The molecule has 6 nitrogen and oxygen atoms in total. The molecule has 1 N–H and O–H groups in total. The average Bonchev–Trinajstić information content (AvgIpc) is 3.02. The summed E-state index contributed by atoms with van der Waals surface area (Å²) in [6.45, 7) is 10.2. The van der Waals surface area contributed by atoms with Gasteiger partial charge in [0.05, 0.1) is 11.9 Å². The fourth-order valence-electron chi connectivity index (χ4n) is 2.48. The van der Waals surface area contributed by atoms with Gasteiger partial charge in [-0.15, -0.1) is 10.2 Å². The van der Waals surface area contributed by atoms with Crippen LogP contribution in [0.5, 0.6) is 0 Å². The summed E-state index contributed by atoms with van der Waals surface area (Å²) in [5.41, 5.74) is 2.23. The van der Waals surface area contributed by atoms with Gasteiger partial charge in [0.15, 0.2) is 11.0 Å². The lowest BCUT2D eigenvalue weighted by Crippen LogP contribution is -2.27. The first kappa shape index (κ1) is 20.5. The molecule has 26 heavy (non-hydrogen) atoms. The summed E-state index contributed by atoms with van der Waals surface area (Å²) in [6.07, 6.45) is 1.04. The summed E-state index contributed by atoms with van der Waals surface area (Å²) >= 11 is 1.41. The molecule has 0 radical (unpaired) electrons. The van der Waals surface area contributed by atoms with E-state index in [0.717, 1.165) is 29.5 Å². The van der Waals surface area contributed by atoms with E-state index in [4.69, 9.17) is 4.74 Å². The zero-order valence-corrected chi connectivity index (χ0v) is 16.8. The summed E-state index contributed by atoms with van der Waals surface area (Å²) in [7, 11) is 0. The predicted molar refractivity (Wildman–Crippen MR) is 105 cm³/mol. The molecule has 0 spiro atoms. The summed E-state index contributed by atoms with van der Waals surface area (Å²) < 4.78 is 7.50. The van der Waals surface area contributed by atoms with Gasteiger partial charge in [-0.05, 0) is 40.2 Å². The minimum atomic E-state index is 0.00213. The Balaban J connectivity index is 1.87. The van der Waals surface area contributed by atoms with Gasteiger partial charge >= 0.3 is 0 Å². The van der Waals surface area contributed by atoms with Crippen molar-refractivity contribution in [3.05, 3.63) is 29.8 Å². The summed E-state index contributed by atoms with van der Waals surface area (Å²) in [6, 6.07) is 8.20. The lowest BCUT2D eigenvalue weighted by Gasteiger charge is -2.09. The normalized spacial score (nSPS) is 11.1. The Morgan fingerprint density at radius 3 is 2.85 bits per heavy atom. The number of hydrogen-bond acceptors (Lipinski definition) is 5. The van der Waals surface area contributed by atoms with Crippen molar-refractivity contribution in [2.24, 2.45) is 0 Å². The summed E-state index contributed by atoms with van der Waals surface area (Å²) in [5.74, 6) is 1.17. The van der Waals surface area contributed by atoms with Crippen LogP contribution in [-0.2, 0) is 16.1 Å². The predicted octanol–water partition coefficient (Wildman–Crippen LogP) is 3.30. The van der Waals surface area contributed by atoms with Gasteiger partial charge in [0.25, 0.3) is 0 Å². The van der Waals surface area contributed by atoms with E-state index in [-0.39, 0.29) is 12.0 Å². The first-order valence-electron chi connectivity index (χ1n) is 9.02.